The molecule has 172 valence electrons. The molecule has 0 bridgehead atoms. The van der Waals surface area contributed by atoms with E-state index in [0.717, 1.165) is 22.3 Å². The van der Waals surface area contributed by atoms with Crippen molar-refractivity contribution in [1.29, 1.82) is 0 Å². The second kappa shape index (κ2) is 12.2. The predicted molar refractivity (Wildman–Crippen MR) is 139 cm³/mol. The van der Waals surface area contributed by atoms with E-state index in [0.29, 0.717) is 36.3 Å². The highest BCUT2D eigenvalue weighted by atomic mass is 127. The van der Waals surface area contributed by atoms with E-state index in [1.165, 1.54) is 5.39 Å². The summed E-state index contributed by atoms with van der Waals surface area (Å²) < 4.78 is 21.5. The molecule has 3 aromatic rings. The van der Waals surface area contributed by atoms with Crippen molar-refractivity contribution in [2.24, 2.45) is 4.99 Å². The Bertz CT molecular complexity index is 1050. The Hall–Kier alpha value is -2.88. The molecule has 0 aliphatic rings. The lowest BCUT2D eigenvalue weighted by atomic mass is 10.1. The highest BCUT2D eigenvalue weighted by molar-refractivity contribution is 14.0. The standard InChI is InChI=1S/C24H29N3O4.HI/c1-25-24(27-15-17-11-21(29-3)23(31-5)22(12-17)30-4)26-14-16-6-7-19-13-20(28-2)9-8-18(19)10-16;/h6-13H,14-15H2,1-5H3,(H2,25,26,27);1H. The summed E-state index contributed by atoms with van der Waals surface area (Å²) in [7, 11) is 8.23. The minimum Gasteiger partial charge on any atom is -0.497 e. The van der Waals surface area contributed by atoms with E-state index in [2.05, 4.69) is 39.9 Å². The van der Waals surface area contributed by atoms with Gasteiger partial charge in [0.25, 0.3) is 0 Å². The van der Waals surface area contributed by atoms with Gasteiger partial charge in [-0.15, -0.1) is 24.0 Å². The fourth-order valence-corrected chi connectivity index (χ4v) is 3.34. The third-order valence-corrected chi connectivity index (χ3v) is 4.98. The van der Waals surface area contributed by atoms with Gasteiger partial charge in [0.05, 0.1) is 28.4 Å². The summed E-state index contributed by atoms with van der Waals surface area (Å²) in [5, 5.41) is 8.98. The molecule has 0 aromatic heterocycles. The van der Waals surface area contributed by atoms with Crippen LogP contribution in [0.1, 0.15) is 11.1 Å². The van der Waals surface area contributed by atoms with Crippen molar-refractivity contribution >= 4 is 40.7 Å². The minimum atomic E-state index is 0. The highest BCUT2D eigenvalue weighted by Gasteiger charge is 2.13. The zero-order chi connectivity index (χ0) is 22.2. The van der Waals surface area contributed by atoms with Gasteiger partial charge in [0.15, 0.2) is 17.5 Å². The van der Waals surface area contributed by atoms with Crippen molar-refractivity contribution < 1.29 is 18.9 Å². The van der Waals surface area contributed by atoms with Crippen LogP contribution in [0.2, 0.25) is 0 Å². The van der Waals surface area contributed by atoms with Crippen LogP contribution in [0.3, 0.4) is 0 Å². The first-order valence-corrected chi connectivity index (χ1v) is 9.92. The van der Waals surface area contributed by atoms with E-state index in [4.69, 9.17) is 18.9 Å². The molecule has 0 amide bonds. The zero-order valence-corrected chi connectivity index (χ0v) is 21.4. The van der Waals surface area contributed by atoms with E-state index >= 15 is 0 Å². The van der Waals surface area contributed by atoms with Gasteiger partial charge in [-0.05, 0) is 52.2 Å². The Morgan fingerprint density at radius 3 is 1.88 bits per heavy atom. The summed E-state index contributed by atoms with van der Waals surface area (Å²) in [5.41, 5.74) is 2.14. The minimum absolute atomic E-state index is 0. The molecule has 0 fully saturated rings. The monoisotopic (exact) mass is 551 g/mol. The van der Waals surface area contributed by atoms with E-state index in [1.54, 1.807) is 35.5 Å². The molecule has 8 heteroatoms. The molecule has 0 atom stereocenters. The van der Waals surface area contributed by atoms with Crippen LogP contribution < -0.4 is 29.6 Å². The Labute approximate surface area is 206 Å². The third-order valence-electron chi connectivity index (χ3n) is 4.98. The van der Waals surface area contributed by atoms with E-state index < -0.39 is 0 Å². The number of halogens is 1. The molecule has 0 unspecified atom stereocenters. The lowest BCUT2D eigenvalue weighted by Crippen LogP contribution is -2.36. The number of rotatable bonds is 8. The quantitative estimate of drug-likeness (QED) is 0.246. The van der Waals surface area contributed by atoms with Gasteiger partial charge in [0.1, 0.15) is 5.75 Å². The van der Waals surface area contributed by atoms with Crippen LogP contribution >= 0.6 is 24.0 Å². The first-order valence-electron chi connectivity index (χ1n) is 9.92. The molecule has 0 saturated heterocycles. The summed E-state index contributed by atoms with van der Waals surface area (Å²) in [6.07, 6.45) is 0. The highest BCUT2D eigenvalue weighted by Crippen LogP contribution is 2.38. The molecule has 3 aromatic carbocycles. The molecule has 0 aliphatic carbocycles. The number of ether oxygens (including phenoxy) is 4. The second-order valence-electron chi connectivity index (χ2n) is 6.86. The van der Waals surface area contributed by atoms with Gasteiger partial charge >= 0.3 is 0 Å². The van der Waals surface area contributed by atoms with Crippen molar-refractivity contribution in [2.45, 2.75) is 13.1 Å². The van der Waals surface area contributed by atoms with Gasteiger partial charge in [-0.2, -0.15) is 0 Å². The SMILES string of the molecule is CN=C(NCc1cc(OC)c(OC)c(OC)c1)NCc1ccc2cc(OC)ccc2c1.I. The third kappa shape index (κ3) is 6.09. The number of methoxy groups -OCH3 is 4. The lowest BCUT2D eigenvalue weighted by Gasteiger charge is -2.16. The number of aliphatic imine (C=N–C) groups is 1. The van der Waals surface area contributed by atoms with E-state index in [1.807, 2.05) is 24.3 Å². The molecule has 0 radical (unpaired) electrons. The summed E-state index contributed by atoms with van der Waals surface area (Å²) >= 11 is 0. The molecular formula is C24H30IN3O4. The maximum atomic E-state index is 5.42. The Morgan fingerprint density at radius 2 is 1.31 bits per heavy atom. The number of nitrogens with one attached hydrogen (secondary N) is 2. The topological polar surface area (TPSA) is 73.3 Å². The van der Waals surface area contributed by atoms with Crippen LogP contribution in [-0.2, 0) is 13.1 Å². The van der Waals surface area contributed by atoms with Gasteiger partial charge in [0.2, 0.25) is 5.75 Å². The molecule has 2 N–H and O–H groups in total. The van der Waals surface area contributed by atoms with Crippen molar-refractivity contribution in [3.8, 4) is 23.0 Å². The van der Waals surface area contributed by atoms with Crippen molar-refractivity contribution in [3.05, 3.63) is 59.7 Å². The maximum absolute atomic E-state index is 5.42. The molecule has 32 heavy (non-hydrogen) atoms. The number of hydrogen-bond acceptors (Lipinski definition) is 5. The van der Waals surface area contributed by atoms with Crippen LogP contribution in [0.4, 0.5) is 0 Å². The fourth-order valence-electron chi connectivity index (χ4n) is 3.34. The predicted octanol–water partition coefficient (Wildman–Crippen LogP) is 4.36. The maximum Gasteiger partial charge on any atom is 0.203 e. The van der Waals surface area contributed by atoms with Crippen LogP contribution in [0, 0.1) is 0 Å². The number of fused-ring (bicyclic) bond motifs is 1. The van der Waals surface area contributed by atoms with E-state index in [9.17, 15) is 0 Å². The molecule has 0 spiro atoms. The van der Waals surface area contributed by atoms with Crippen LogP contribution in [-0.4, -0.2) is 41.4 Å². The average molecular weight is 551 g/mol. The van der Waals surface area contributed by atoms with Gasteiger partial charge in [0, 0.05) is 20.1 Å². The molecule has 0 heterocycles. The fraction of sp³-hybridized carbons (Fsp3) is 0.292. The van der Waals surface area contributed by atoms with Crippen molar-refractivity contribution in [2.75, 3.05) is 35.5 Å². The van der Waals surface area contributed by atoms with Crippen LogP contribution in [0.25, 0.3) is 10.8 Å². The normalized spacial score (nSPS) is 10.8. The largest absolute Gasteiger partial charge is 0.497 e. The molecule has 0 saturated carbocycles. The summed E-state index contributed by atoms with van der Waals surface area (Å²) in [6, 6.07) is 16.3. The molecular weight excluding hydrogens is 521 g/mol. The number of benzene rings is 3. The second-order valence-corrected chi connectivity index (χ2v) is 6.86. The van der Waals surface area contributed by atoms with Crippen molar-refractivity contribution in [3.63, 3.8) is 0 Å². The first-order chi connectivity index (χ1) is 15.1. The van der Waals surface area contributed by atoms with Gasteiger partial charge in [-0.3, -0.25) is 4.99 Å². The number of guanidine groups is 1. The summed E-state index contributed by atoms with van der Waals surface area (Å²) in [6.45, 7) is 1.20. The van der Waals surface area contributed by atoms with E-state index in [-0.39, 0.29) is 24.0 Å². The van der Waals surface area contributed by atoms with Crippen molar-refractivity contribution in [1.82, 2.24) is 10.6 Å². The number of nitrogens with zero attached hydrogens (tertiary/aromatic N) is 1. The Balaban J connectivity index is 0.00000363. The summed E-state index contributed by atoms with van der Waals surface area (Å²) in [4.78, 5) is 4.31. The van der Waals surface area contributed by atoms with Gasteiger partial charge in [-0.1, -0.05) is 18.2 Å². The number of hydrogen-bond donors (Lipinski definition) is 2. The van der Waals surface area contributed by atoms with Gasteiger partial charge < -0.3 is 29.6 Å². The molecule has 3 rings (SSSR count). The average Bonchev–Trinajstić information content (AvgIpc) is 2.82. The van der Waals surface area contributed by atoms with Crippen LogP contribution in [0.5, 0.6) is 23.0 Å². The lowest BCUT2D eigenvalue weighted by molar-refractivity contribution is 0.323. The van der Waals surface area contributed by atoms with Gasteiger partial charge in [-0.25, -0.2) is 0 Å². The Kier molecular flexibility index (Phi) is 9.70. The Morgan fingerprint density at radius 1 is 0.719 bits per heavy atom. The molecule has 0 aliphatic heterocycles. The zero-order valence-electron chi connectivity index (χ0n) is 19.0. The van der Waals surface area contributed by atoms with Crippen LogP contribution in [0.15, 0.2) is 53.5 Å². The smallest absolute Gasteiger partial charge is 0.203 e. The molecule has 7 nitrogen and oxygen atoms in total. The first kappa shape index (κ1) is 25.4. The summed E-state index contributed by atoms with van der Waals surface area (Å²) in [5.74, 6) is 3.37.